The van der Waals surface area contributed by atoms with Crippen LogP contribution in [-0.4, -0.2) is 9.97 Å². The van der Waals surface area contributed by atoms with Crippen LogP contribution in [-0.2, 0) is 0 Å². The van der Waals surface area contributed by atoms with Gasteiger partial charge >= 0.3 is 0 Å². The van der Waals surface area contributed by atoms with Gasteiger partial charge in [-0.1, -0.05) is 18.2 Å². The summed E-state index contributed by atoms with van der Waals surface area (Å²) in [6.07, 6.45) is 0. The van der Waals surface area contributed by atoms with Gasteiger partial charge in [0.05, 0.1) is 0 Å². The standard InChI is InChI=1S/C17H14F2N4/c1-11-9-16(21-13-7-8-14(18)15(19)10-13)23-17(20-11)22-12-5-3-2-4-6-12/h2-10H,1H3,(H2,20,21,22,23). The van der Waals surface area contributed by atoms with Crippen LogP contribution < -0.4 is 10.6 Å². The lowest BCUT2D eigenvalue weighted by Gasteiger charge is -2.10. The normalized spacial score (nSPS) is 10.4. The molecule has 0 aliphatic rings. The zero-order valence-corrected chi connectivity index (χ0v) is 12.3. The Balaban J connectivity index is 1.83. The van der Waals surface area contributed by atoms with E-state index in [0.717, 1.165) is 23.5 Å². The van der Waals surface area contributed by atoms with Crippen LogP contribution in [0.3, 0.4) is 0 Å². The molecule has 3 aromatic rings. The Hall–Kier alpha value is -3.02. The van der Waals surface area contributed by atoms with E-state index in [9.17, 15) is 8.78 Å². The van der Waals surface area contributed by atoms with Crippen molar-refractivity contribution in [1.82, 2.24) is 9.97 Å². The first-order valence-electron chi connectivity index (χ1n) is 7.00. The average molecular weight is 312 g/mol. The van der Waals surface area contributed by atoms with E-state index in [2.05, 4.69) is 20.6 Å². The van der Waals surface area contributed by atoms with Crippen molar-refractivity contribution in [1.29, 1.82) is 0 Å². The Morgan fingerprint density at radius 3 is 2.30 bits per heavy atom. The molecule has 0 bridgehead atoms. The number of hydrogen-bond acceptors (Lipinski definition) is 4. The van der Waals surface area contributed by atoms with Gasteiger partial charge in [-0.05, 0) is 31.2 Å². The first kappa shape index (κ1) is 14.9. The molecule has 0 spiro atoms. The first-order valence-corrected chi connectivity index (χ1v) is 7.00. The summed E-state index contributed by atoms with van der Waals surface area (Å²) in [5.74, 6) is -0.896. The monoisotopic (exact) mass is 312 g/mol. The molecule has 0 unspecified atom stereocenters. The highest BCUT2D eigenvalue weighted by atomic mass is 19.2. The van der Waals surface area contributed by atoms with Crippen molar-refractivity contribution in [2.45, 2.75) is 6.92 Å². The van der Waals surface area contributed by atoms with Gasteiger partial charge in [-0.25, -0.2) is 13.8 Å². The number of para-hydroxylation sites is 1. The second-order valence-electron chi connectivity index (χ2n) is 4.96. The van der Waals surface area contributed by atoms with Gasteiger partial charge in [0.15, 0.2) is 11.6 Å². The second kappa shape index (κ2) is 6.39. The molecule has 0 aliphatic carbocycles. The van der Waals surface area contributed by atoms with Gasteiger partial charge in [0, 0.05) is 29.2 Å². The van der Waals surface area contributed by atoms with Gasteiger partial charge in [-0.3, -0.25) is 0 Å². The average Bonchev–Trinajstić information content (AvgIpc) is 2.51. The minimum Gasteiger partial charge on any atom is -0.340 e. The summed E-state index contributed by atoms with van der Waals surface area (Å²) < 4.78 is 26.2. The van der Waals surface area contributed by atoms with Crippen LogP contribution in [0.2, 0.25) is 0 Å². The lowest BCUT2D eigenvalue weighted by atomic mass is 10.3. The largest absolute Gasteiger partial charge is 0.340 e. The number of rotatable bonds is 4. The molecule has 1 heterocycles. The number of benzene rings is 2. The Bertz CT molecular complexity index is 822. The van der Waals surface area contributed by atoms with Gasteiger partial charge in [-0.15, -0.1) is 0 Å². The molecule has 0 saturated carbocycles. The topological polar surface area (TPSA) is 49.8 Å². The summed E-state index contributed by atoms with van der Waals surface area (Å²) in [5.41, 5.74) is 2.01. The maximum Gasteiger partial charge on any atom is 0.229 e. The molecule has 0 saturated heterocycles. The van der Waals surface area contributed by atoms with Crippen molar-refractivity contribution in [2.24, 2.45) is 0 Å². The van der Waals surface area contributed by atoms with Gasteiger partial charge in [0.1, 0.15) is 5.82 Å². The van der Waals surface area contributed by atoms with Crippen molar-refractivity contribution in [3.8, 4) is 0 Å². The number of hydrogen-bond donors (Lipinski definition) is 2. The van der Waals surface area contributed by atoms with E-state index in [1.165, 1.54) is 6.07 Å². The van der Waals surface area contributed by atoms with Crippen LogP contribution in [0, 0.1) is 18.6 Å². The molecule has 3 rings (SSSR count). The van der Waals surface area contributed by atoms with E-state index < -0.39 is 11.6 Å². The summed E-state index contributed by atoms with van der Waals surface area (Å²) >= 11 is 0. The number of aromatic nitrogens is 2. The zero-order valence-electron chi connectivity index (χ0n) is 12.3. The number of anilines is 4. The van der Waals surface area contributed by atoms with Crippen molar-refractivity contribution < 1.29 is 8.78 Å². The number of halogens is 2. The van der Waals surface area contributed by atoms with Crippen molar-refractivity contribution >= 4 is 23.1 Å². The predicted octanol–water partition coefficient (Wildman–Crippen LogP) is 4.55. The maximum absolute atomic E-state index is 13.3. The SMILES string of the molecule is Cc1cc(Nc2ccc(F)c(F)c2)nc(Nc2ccccc2)n1. The first-order chi connectivity index (χ1) is 11.1. The molecule has 0 atom stereocenters. The van der Waals surface area contributed by atoms with Crippen LogP contribution >= 0.6 is 0 Å². The minimum atomic E-state index is -0.914. The molecule has 116 valence electrons. The van der Waals surface area contributed by atoms with Crippen molar-refractivity contribution in [3.05, 3.63) is 71.9 Å². The third kappa shape index (κ3) is 3.79. The lowest BCUT2D eigenvalue weighted by Crippen LogP contribution is -2.02. The summed E-state index contributed by atoms with van der Waals surface area (Å²) in [6.45, 7) is 1.83. The Morgan fingerprint density at radius 1 is 0.783 bits per heavy atom. The fourth-order valence-corrected chi connectivity index (χ4v) is 2.06. The molecular formula is C17H14F2N4. The molecule has 0 radical (unpaired) electrons. The van der Waals surface area contributed by atoms with E-state index in [4.69, 9.17) is 0 Å². The molecule has 23 heavy (non-hydrogen) atoms. The molecular weight excluding hydrogens is 298 g/mol. The highest BCUT2D eigenvalue weighted by Gasteiger charge is 2.06. The second-order valence-corrected chi connectivity index (χ2v) is 4.96. The number of aryl methyl sites for hydroxylation is 1. The maximum atomic E-state index is 13.3. The third-order valence-electron chi connectivity index (χ3n) is 3.08. The molecule has 2 aromatic carbocycles. The zero-order chi connectivity index (χ0) is 16.2. The van der Waals surface area contributed by atoms with Gasteiger partial charge < -0.3 is 10.6 Å². The van der Waals surface area contributed by atoms with Crippen molar-refractivity contribution in [3.63, 3.8) is 0 Å². The predicted molar refractivity (Wildman–Crippen MR) is 86.1 cm³/mol. The Labute approximate surface area is 132 Å². The van der Waals surface area contributed by atoms with Gasteiger partial charge in [0.25, 0.3) is 0 Å². The quantitative estimate of drug-likeness (QED) is 0.742. The van der Waals surface area contributed by atoms with E-state index >= 15 is 0 Å². The third-order valence-corrected chi connectivity index (χ3v) is 3.08. The van der Waals surface area contributed by atoms with Crippen LogP contribution in [0.5, 0.6) is 0 Å². The van der Waals surface area contributed by atoms with Crippen LogP contribution in [0.1, 0.15) is 5.69 Å². The lowest BCUT2D eigenvalue weighted by molar-refractivity contribution is 0.509. The molecule has 2 N–H and O–H groups in total. The van der Waals surface area contributed by atoms with E-state index in [1.54, 1.807) is 6.07 Å². The Kier molecular flexibility index (Phi) is 4.14. The summed E-state index contributed by atoms with van der Waals surface area (Å²) in [5, 5.41) is 6.04. The smallest absolute Gasteiger partial charge is 0.229 e. The molecule has 4 nitrogen and oxygen atoms in total. The molecule has 0 amide bonds. The number of nitrogens with one attached hydrogen (secondary N) is 2. The van der Waals surface area contributed by atoms with E-state index in [0.29, 0.717) is 17.5 Å². The Morgan fingerprint density at radius 2 is 1.57 bits per heavy atom. The van der Waals surface area contributed by atoms with Crippen LogP contribution in [0.15, 0.2) is 54.6 Å². The van der Waals surface area contributed by atoms with Crippen molar-refractivity contribution in [2.75, 3.05) is 10.6 Å². The molecule has 6 heteroatoms. The van der Waals surface area contributed by atoms with Crippen LogP contribution in [0.25, 0.3) is 0 Å². The van der Waals surface area contributed by atoms with Crippen LogP contribution in [0.4, 0.5) is 31.9 Å². The summed E-state index contributed by atoms with van der Waals surface area (Å²) in [6, 6.07) is 14.8. The molecule has 0 fully saturated rings. The van der Waals surface area contributed by atoms with E-state index in [-0.39, 0.29) is 0 Å². The van der Waals surface area contributed by atoms with E-state index in [1.807, 2.05) is 37.3 Å². The highest BCUT2D eigenvalue weighted by Crippen LogP contribution is 2.20. The minimum absolute atomic E-state index is 0.410. The highest BCUT2D eigenvalue weighted by molar-refractivity contribution is 5.60. The summed E-state index contributed by atoms with van der Waals surface area (Å²) in [4.78, 5) is 8.63. The van der Waals surface area contributed by atoms with Gasteiger partial charge in [0.2, 0.25) is 5.95 Å². The summed E-state index contributed by atoms with van der Waals surface area (Å²) in [7, 11) is 0. The van der Waals surface area contributed by atoms with Gasteiger partial charge in [-0.2, -0.15) is 4.98 Å². The molecule has 1 aromatic heterocycles. The molecule has 0 aliphatic heterocycles. The number of nitrogens with zero attached hydrogens (tertiary/aromatic N) is 2. The fraction of sp³-hybridized carbons (Fsp3) is 0.0588. The fourth-order valence-electron chi connectivity index (χ4n) is 2.06.